The topological polar surface area (TPSA) is 17.4 Å². The predicted molar refractivity (Wildman–Crippen MR) is 92.7 cm³/mol. The maximum absolute atomic E-state index is 6.23. The molecule has 0 spiro atoms. The zero-order valence-corrected chi connectivity index (χ0v) is 14.2. The molecule has 1 aliphatic rings. The van der Waals surface area contributed by atoms with Crippen LogP contribution in [-0.2, 0) is 0 Å². The van der Waals surface area contributed by atoms with Gasteiger partial charge in [0, 0.05) is 42.3 Å². The minimum absolute atomic E-state index is 0.361. The summed E-state index contributed by atoms with van der Waals surface area (Å²) < 4.78 is 8.53. The number of benzene rings is 1. The molecule has 0 amide bonds. The Morgan fingerprint density at radius 2 is 1.73 bits per heavy atom. The van der Waals surface area contributed by atoms with E-state index in [9.17, 15) is 0 Å². The number of aromatic nitrogens is 1. The van der Waals surface area contributed by atoms with Gasteiger partial charge < -0.3 is 14.2 Å². The first-order chi connectivity index (χ1) is 10.5. The first-order valence-electron chi connectivity index (χ1n) is 8.56. The van der Waals surface area contributed by atoms with Crippen molar-refractivity contribution in [3.05, 3.63) is 30.5 Å². The smallest absolute Gasteiger partial charge is 0.120 e. The fourth-order valence-corrected chi connectivity index (χ4v) is 3.37. The van der Waals surface area contributed by atoms with Crippen LogP contribution in [0.2, 0.25) is 0 Å². The van der Waals surface area contributed by atoms with Gasteiger partial charge in [-0.1, -0.05) is 0 Å². The third-order valence-corrected chi connectivity index (χ3v) is 4.76. The molecule has 1 aliphatic heterocycles. The third-order valence-electron chi connectivity index (χ3n) is 4.76. The van der Waals surface area contributed by atoms with Crippen molar-refractivity contribution < 1.29 is 4.74 Å². The summed E-state index contributed by atoms with van der Waals surface area (Å²) in [5, 5.41) is 1.27. The van der Waals surface area contributed by atoms with Gasteiger partial charge in [0.25, 0.3) is 0 Å². The van der Waals surface area contributed by atoms with Crippen molar-refractivity contribution in [3.8, 4) is 5.75 Å². The van der Waals surface area contributed by atoms with Crippen molar-refractivity contribution in [1.29, 1.82) is 0 Å². The molecule has 0 bridgehead atoms. The van der Waals surface area contributed by atoms with Gasteiger partial charge in [-0.15, -0.1) is 0 Å². The molecule has 1 aromatic heterocycles. The maximum atomic E-state index is 6.23. The molecule has 1 saturated heterocycles. The minimum Gasteiger partial charge on any atom is -0.490 e. The van der Waals surface area contributed by atoms with E-state index >= 15 is 0 Å². The summed E-state index contributed by atoms with van der Waals surface area (Å²) in [4.78, 5) is 2.53. The van der Waals surface area contributed by atoms with Crippen LogP contribution in [-0.4, -0.2) is 34.7 Å². The Labute approximate surface area is 133 Å². The second-order valence-electron chi connectivity index (χ2n) is 6.98. The number of hydrogen-bond acceptors (Lipinski definition) is 2. The van der Waals surface area contributed by atoms with Gasteiger partial charge in [0.1, 0.15) is 11.9 Å². The molecule has 0 N–H and O–H groups in total. The monoisotopic (exact) mass is 300 g/mol. The molecule has 2 aromatic rings. The largest absolute Gasteiger partial charge is 0.490 e. The Morgan fingerprint density at radius 1 is 1.00 bits per heavy atom. The summed E-state index contributed by atoms with van der Waals surface area (Å²) in [6, 6.07) is 9.81. The van der Waals surface area contributed by atoms with E-state index < -0.39 is 0 Å². The molecular weight excluding hydrogens is 272 g/mol. The molecule has 1 fully saturated rings. The third kappa shape index (κ3) is 3.14. The van der Waals surface area contributed by atoms with Gasteiger partial charge in [-0.05, 0) is 64.8 Å². The number of fused-ring (bicyclic) bond motifs is 1. The summed E-state index contributed by atoms with van der Waals surface area (Å²) in [6.45, 7) is 11.3. The SMILES string of the molecule is CC(C)N1CCC(Oc2ccc3c(ccn3C(C)C)c2)CC1. The molecule has 2 heterocycles. The number of hydrogen-bond donors (Lipinski definition) is 0. The highest BCUT2D eigenvalue weighted by Crippen LogP contribution is 2.26. The van der Waals surface area contributed by atoms with E-state index in [1.165, 1.54) is 10.9 Å². The quantitative estimate of drug-likeness (QED) is 0.828. The molecule has 3 rings (SSSR count). The molecule has 0 unspecified atom stereocenters. The first kappa shape index (κ1) is 15.4. The summed E-state index contributed by atoms with van der Waals surface area (Å²) in [5.41, 5.74) is 1.29. The van der Waals surface area contributed by atoms with Crippen LogP contribution in [0, 0.1) is 0 Å². The molecule has 120 valence electrons. The van der Waals surface area contributed by atoms with E-state index in [1.807, 2.05) is 0 Å². The molecule has 0 radical (unpaired) electrons. The number of rotatable bonds is 4. The first-order valence-corrected chi connectivity index (χ1v) is 8.56. The minimum atomic E-state index is 0.361. The highest BCUT2D eigenvalue weighted by Gasteiger charge is 2.22. The van der Waals surface area contributed by atoms with Crippen LogP contribution in [0.4, 0.5) is 0 Å². The van der Waals surface area contributed by atoms with E-state index in [2.05, 4.69) is 67.6 Å². The lowest BCUT2D eigenvalue weighted by Gasteiger charge is -2.34. The maximum Gasteiger partial charge on any atom is 0.120 e. The lowest BCUT2D eigenvalue weighted by Crippen LogP contribution is -2.41. The van der Waals surface area contributed by atoms with Crippen LogP contribution < -0.4 is 4.74 Å². The molecule has 1 aromatic carbocycles. The second-order valence-corrected chi connectivity index (χ2v) is 6.98. The standard InChI is InChI=1S/C19H28N2O/c1-14(2)20-10-8-17(9-11-20)22-18-5-6-19-16(13-18)7-12-21(19)15(3)4/h5-7,12-15,17H,8-11H2,1-4H3. The van der Waals surface area contributed by atoms with Gasteiger partial charge in [0.2, 0.25) is 0 Å². The van der Waals surface area contributed by atoms with Crippen LogP contribution >= 0.6 is 0 Å². The lowest BCUT2D eigenvalue weighted by molar-refractivity contribution is 0.0844. The normalized spacial score (nSPS) is 17.7. The van der Waals surface area contributed by atoms with Crippen molar-refractivity contribution in [3.63, 3.8) is 0 Å². The Balaban J connectivity index is 1.67. The highest BCUT2D eigenvalue weighted by molar-refractivity contribution is 5.81. The van der Waals surface area contributed by atoms with E-state index in [4.69, 9.17) is 4.74 Å². The number of ether oxygens (including phenoxy) is 1. The second kappa shape index (κ2) is 6.33. The molecule has 0 aliphatic carbocycles. The molecular formula is C19H28N2O. The Hall–Kier alpha value is -1.48. The fraction of sp³-hybridized carbons (Fsp3) is 0.579. The summed E-state index contributed by atoms with van der Waals surface area (Å²) in [5.74, 6) is 1.01. The molecule has 3 heteroatoms. The average Bonchev–Trinajstić information content (AvgIpc) is 2.91. The molecule has 22 heavy (non-hydrogen) atoms. The molecule has 0 atom stereocenters. The van der Waals surface area contributed by atoms with E-state index in [-0.39, 0.29) is 0 Å². The van der Waals surface area contributed by atoms with Crippen LogP contribution in [0.5, 0.6) is 5.75 Å². The van der Waals surface area contributed by atoms with Gasteiger partial charge in [-0.25, -0.2) is 0 Å². The van der Waals surface area contributed by atoms with Gasteiger partial charge in [0.15, 0.2) is 0 Å². The van der Waals surface area contributed by atoms with Crippen molar-refractivity contribution in [2.24, 2.45) is 0 Å². The lowest BCUT2D eigenvalue weighted by atomic mass is 10.1. The van der Waals surface area contributed by atoms with Crippen LogP contribution in [0.15, 0.2) is 30.5 Å². The summed E-state index contributed by atoms with van der Waals surface area (Å²) in [6.07, 6.45) is 4.78. The van der Waals surface area contributed by atoms with E-state index in [0.717, 1.165) is 31.7 Å². The highest BCUT2D eigenvalue weighted by atomic mass is 16.5. The van der Waals surface area contributed by atoms with Crippen LogP contribution in [0.3, 0.4) is 0 Å². The molecule has 3 nitrogen and oxygen atoms in total. The zero-order valence-electron chi connectivity index (χ0n) is 14.2. The van der Waals surface area contributed by atoms with Crippen molar-refractivity contribution in [2.45, 2.75) is 58.7 Å². The summed E-state index contributed by atoms with van der Waals surface area (Å²) >= 11 is 0. The number of piperidine rings is 1. The Kier molecular flexibility index (Phi) is 4.44. The van der Waals surface area contributed by atoms with Crippen molar-refractivity contribution >= 4 is 10.9 Å². The van der Waals surface area contributed by atoms with Crippen LogP contribution in [0.25, 0.3) is 10.9 Å². The van der Waals surface area contributed by atoms with Gasteiger partial charge in [0.05, 0.1) is 0 Å². The van der Waals surface area contributed by atoms with E-state index in [1.54, 1.807) is 0 Å². The zero-order chi connectivity index (χ0) is 15.7. The molecule has 0 saturated carbocycles. The average molecular weight is 300 g/mol. The van der Waals surface area contributed by atoms with Crippen molar-refractivity contribution in [1.82, 2.24) is 9.47 Å². The van der Waals surface area contributed by atoms with Gasteiger partial charge >= 0.3 is 0 Å². The predicted octanol–water partition coefficient (Wildman–Crippen LogP) is 4.47. The fourth-order valence-electron chi connectivity index (χ4n) is 3.37. The summed E-state index contributed by atoms with van der Waals surface area (Å²) in [7, 11) is 0. The van der Waals surface area contributed by atoms with Gasteiger partial charge in [-0.3, -0.25) is 0 Å². The van der Waals surface area contributed by atoms with Crippen molar-refractivity contribution in [2.75, 3.05) is 13.1 Å². The van der Waals surface area contributed by atoms with Gasteiger partial charge in [-0.2, -0.15) is 0 Å². The van der Waals surface area contributed by atoms with Crippen LogP contribution in [0.1, 0.15) is 46.6 Å². The number of likely N-dealkylation sites (tertiary alicyclic amines) is 1. The Bertz CT molecular complexity index is 621. The van der Waals surface area contributed by atoms with E-state index in [0.29, 0.717) is 18.2 Å². The number of nitrogens with zero attached hydrogens (tertiary/aromatic N) is 2. The Morgan fingerprint density at radius 3 is 2.36 bits per heavy atom.